The van der Waals surface area contributed by atoms with E-state index < -0.39 is 12.2 Å². The third-order valence-electron chi connectivity index (χ3n) is 5.30. The number of benzene rings is 2. The molecule has 1 amide bonds. The molecule has 0 bridgehead atoms. The van der Waals surface area contributed by atoms with Gasteiger partial charge in [-0.1, -0.05) is 67.6 Å². The van der Waals surface area contributed by atoms with E-state index in [0.717, 1.165) is 18.4 Å². The molecule has 1 aliphatic heterocycles. The van der Waals surface area contributed by atoms with Gasteiger partial charge in [-0.2, -0.15) is 0 Å². The van der Waals surface area contributed by atoms with Gasteiger partial charge in [0.2, 0.25) is 0 Å². The number of hydrogen-bond acceptors (Lipinski definition) is 4. The van der Waals surface area contributed by atoms with Gasteiger partial charge in [0.15, 0.2) is 0 Å². The second-order valence-corrected chi connectivity index (χ2v) is 8.25. The van der Waals surface area contributed by atoms with E-state index in [4.69, 9.17) is 9.47 Å². The van der Waals surface area contributed by atoms with Gasteiger partial charge in [-0.05, 0) is 36.8 Å². The zero-order valence-electron chi connectivity index (χ0n) is 17.0. The van der Waals surface area contributed by atoms with Gasteiger partial charge in [0.25, 0.3) is 0 Å². The third-order valence-corrected chi connectivity index (χ3v) is 5.30. The van der Waals surface area contributed by atoms with Crippen molar-refractivity contribution in [3.05, 3.63) is 71.8 Å². The average molecular weight is 398 g/mol. The van der Waals surface area contributed by atoms with E-state index in [-0.39, 0.29) is 11.5 Å². The first-order valence-electron chi connectivity index (χ1n) is 10.3. The van der Waals surface area contributed by atoms with Gasteiger partial charge in [-0.3, -0.25) is 0 Å². The van der Waals surface area contributed by atoms with Gasteiger partial charge in [0, 0.05) is 5.41 Å². The first-order chi connectivity index (χ1) is 14.0. The summed E-state index contributed by atoms with van der Waals surface area (Å²) in [5.74, 6) is 0. The molecule has 2 atom stereocenters. The van der Waals surface area contributed by atoms with Gasteiger partial charge in [-0.15, -0.1) is 0 Å². The minimum absolute atomic E-state index is 0.0868. The Kier molecular flexibility index (Phi) is 7.67. The van der Waals surface area contributed by atoms with Crippen molar-refractivity contribution < 1.29 is 19.4 Å². The minimum atomic E-state index is -0.498. The Morgan fingerprint density at radius 1 is 1.14 bits per heavy atom. The van der Waals surface area contributed by atoms with Crippen LogP contribution in [-0.4, -0.2) is 37.1 Å². The van der Waals surface area contributed by atoms with Gasteiger partial charge in [-0.25, -0.2) is 4.79 Å². The van der Waals surface area contributed by atoms with E-state index in [9.17, 15) is 9.90 Å². The number of amides is 1. The van der Waals surface area contributed by atoms with Gasteiger partial charge < -0.3 is 19.9 Å². The molecule has 1 saturated heterocycles. The van der Waals surface area contributed by atoms with Crippen LogP contribution in [0.2, 0.25) is 0 Å². The summed E-state index contributed by atoms with van der Waals surface area (Å²) in [6.07, 6.45) is 2.02. The molecule has 1 fully saturated rings. The van der Waals surface area contributed by atoms with Crippen molar-refractivity contribution in [3.63, 3.8) is 0 Å². The first kappa shape index (κ1) is 21.3. The molecule has 0 saturated carbocycles. The number of ether oxygens (including phenoxy) is 2. The molecule has 0 aromatic heterocycles. The fourth-order valence-corrected chi connectivity index (χ4v) is 3.50. The number of hydrogen-bond donors (Lipinski definition) is 2. The number of aliphatic hydroxyl groups is 1. The normalized spacial score (nSPS) is 17.0. The van der Waals surface area contributed by atoms with Crippen molar-refractivity contribution in [1.82, 2.24) is 5.32 Å². The quantitative estimate of drug-likeness (QED) is 0.628. The lowest BCUT2D eigenvalue weighted by molar-refractivity contribution is -0.126. The molecule has 2 aromatic carbocycles. The maximum atomic E-state index is 12.3. The maximum Gasteiger partial charge on any atom is 0.407 e. The summed E-state index contributed by atoms with van der Waals surface area (Å²) in [6, 6.07) is 19.7. The lowest BCUT2D eigenvalue weighted by Crippen LogP contribution is -2.45. The van der Waals surface area contributed by atoms with Gasteiger partial charge in [0.1, 0.15) is 6.61 Å². The molecular weight excluding hydrogens is 366 g/mol. The number of aryl methyl sites for hydroxylation is 1. The molecular formula is C24H31NO4. The van der Waals surface area contributed by atoms with E-state index in [0.29, 0.717) is 32.7 Å². The van der Waals surface area contributed by atoms with Crippen molar-refractivity contribution >= 4 is 6.09 Å². The highest BCUT2D eigenvalue weighted by molar-refractivity contribution is 5.68. The molecule has 156 valence electrons. The lowest BCUT2D eigenvalue weighted by Gasteiger charge is -2.37. The minimum Gasteiger partial charge on any atom is -0.449 e. The SMILES string of the molecule is CC1(COC(=O)NC(CC(O)CCCc2ccccc2)c2ccccc2)COC1. The number of nitrogens with one attached hydrogen (secondary N) is 1. The predicted octanol–water partition coefficient (Wildman–Crippen LogP) is 4.26. The molecule has 1 aliphatic rings. The Balaban J connectivity index is 1.50. The largest absolute Gasteiger partial charge is 0.449 e. The van der Waals surface area contributed by atoms with Crippen LogP contribution in [0.15, 0.2) is 60.7 Å². The van der Waals surface area contributed by atoms with Crippen LogP contribution in [0, 0.1) is 5.41 Å². The van der Waals surface area contributed by atoms with Crippen molar-refractivity contribution in [1.29, 1.82) is 0 Å². The van der Waals surface area contributed by atoms with Crippen LogP contribution < -0.4 is 5.32 Å². The molecule has 0 aliphatic carbocycles. The molecule has 5 heteroatoms. The molecule has 2 N–H and O–H groups in total. The smallest absolute Gasteiger partial charge is 0.407 e. The molecule has 2 aromatic rings. The van der Waals surface area contributed by atoms with E-state index in [1.807, 2.05) is 55.5 Å². The van der Waals surface area contributed by atoms with E-state index in [1.165, 1.54) is 5.56 Å². The number of carbonyl (C=O) groups excluding carboxylic acids is 1. The Labute approximate surface area is 173 Å². The summed E-state index contributed by atoms with van der Waals surface area (Å²) in [7, 11) is 0. The summed E-state index contributed by atoms with van der Waals surface area (Å²) < 4.78 is 10.6. The monoisotopic (exact) mass is 397 g/mol. The van der Waals surface area contributed by atoms with E-state index in [2.05, 4.69) is 17.4 Å². The highest BCUT2D eigenvalue weighted by Crippen LogP contribution is 2.27. The van der Waals surface area contributed by atoms with Crippen LogP contribution in [0.25, 0.3) is 0 Å². The Morgan fingerprint density at radius 2 is 1.79 bits per heavy atom. The van der Waals surface area contributed by atoms with Crippen LogP contribution in [-0.2, 0) is 15.9 Å². The predicted molar refractivity (Wildman–Crippen MR) is 113 cm³/mol. The summed E-state index contributed by atoms with van der Waals surface area (Å²) in [5, 5.41) is 13.5. The first-order valence-corrected chi connectivity index (χ1v) is 10.3. The van der Waals surface area contributed by atoms with Gasteiger partial charge >= 0.3 is 6.09 Å². The second-order valence-electron chi connectivity index (χ2n) is 8.25. The number of rotatable bonds is 10. The van der Waals surface area contributed by atoms with Crippen LogP contribution in [0.5, 0.6) is 0 Å². The van der Waals surface area contributed by atoms with E-state index in [1.54, 1.807) is 0 Å². The molecule has 2 unspecified atom stereocenters. The summed E-state index contributed by atoms with van der Waals surface area (Å²) in [5.41, 5.74) is 2.15. The van der Waals surface area contributed by atoms with Crippen molar-refractivity contribution in [2.24, 2.45) is 5.41 Å². The highest BCUT2D eigenvalue weighted by atomic mass is 16.6. The standard InChI is InChI=1S/C24H31NO4/c1-24(16-28-17-24)18-29-23(27)25-22(20-12-6-3-7-13-20)15-21(26)14-8-11-19-9-4-2-5-10-19/h2-7,9-10,12-13,21-22,26H,8,11,14-18H2,1H3,(H,25,27). The lowest BCUT2D eigenvalue weighted by atomic mass is 9.90. The molecule has 0 spiro atoms. The molecule has 3 rings (SSSR count). The van der Waals surface area contributed by atoms with Crippen molar-refractivity contribution in [3.8, 4) is 0 Å². The summed E-state index contributed by atoms with van der Waals surface area (Å²) >= 11 is 0. The zero-order chi connectivity index (χ0) is 20.5. The fourth-order valence-electron chi connectivity index (χ4n) is 3.50. The second kappa shape index (κ2) is 10.4. The molecule has 0 radical (unpaired) electrons. The number of carbonyl (C=O) groups is 1. The van der Waals surface area contributed by atoms with E-state index >= 15 is 0 Å². The zero-order valence-corrected chi connectivity index (χ0v) is 17.0. The molecule has 1 heterocycles. The summed E-state index contributed by atoms with van der Waals surface area (Å²) in [4.78, 5) is 12.3. The molecule has 5 nitrogen and oxygen atoms in total. The topological polar surface area (TPSA) is 67.8 Å². The van der Waals surface area contributed by atoms with Crippen molar-refractivity contribution in [2.75, 3.05) is 19.8 Å². The number of alkyl carbamates (subject to hydrolysis) is 1. The van der Waals surface area contributed by atoms with Crippen LogP contribution >= 0.6 is 0 Å². The van der Waals surface area contributed by atoms with Crippen LogP contribution in [0.1, 0.15) is 43.4 Å². The Morgan fingerprint density at radius 3 is 2.41 bits per heavy atom. The average Bonchev–Trinajstić information content (AvgIpc) is 2.72. The highest BCUT2D eigenvalue weighted by Gasteiger charge is 2.35. The Bertz CT molecular complexity index is 746. The van der Waals surface area contributed by atoms with Crippen LogP contribution in [0.4, 0.5) is 4.79 Å². The summed E-state index contributed by atoms with van der Waals surface area (Å²) in [6.45, 7) is 3.60. The van der Waals surface area contributed by atoms with Crippen molar-refractivity contribution in [2.45, 2.75) is 44.8 Å². The fraction of sp³-hybridized carbons (Fsp3) is 0.458. The Hall–Kier alpha value is -2.37. The third kappa shape index (κ3) is 6.87. The number of aliphatic hydroxyl groups excluding tert-OH is 1. The maximum absolute atomic E-state index is 12.3. The van der Waals surface area contributed by atoms with Gasteiger partial charge in [0.05, 0.1) is 25.4 Å². The van der Waals surface area contributed by atoms with Crippen LogP contribution in [0.3, 0.4) is 0 Å². The molecule has 29 heavy (non-hydrogen) atoms.